The van der Waals surface area contributed by atoms with E-state index in [9.17, 15) is 14.0 Å². The number of aryl methyl sites for hydroxylation is 1. The second kappa shape index (κ2) is 7.79. The number of ether oxygens (including phenoxy) is 1. The van der Waals surface area contributed by atoms with Gasteiger partial charge in [-0.1, -0.05) is 6.07 Å². The maximum atomic E-state index is 13.8. The molecule has 5 nitrogen and oxygen atoms in total. The lowest BCUT2D eigenvalue weighted by Gasteiger charge is -2.16. The molecule has 0 fully saturated rings. The minimum absolute atomic E-state index is 0.159. The highest BCUT2D eigenvalue weighted by molar-refractivity contribution is 5.96. The molecule has 0 unspecified atom stereocenters. The van der Waals surface area contributed by atoms with Gasteiger partial charge in [0, 0.05) is 18.2 Å². The second-order valence-corrected chi connectivity index (χ2v) is 5.80. The molecule has 132 valence electrons. The van der Waals surface area contributed by atoms with Gasteiger partial charge >= 0.3 is 0 Å². The summed E-state index contributed by atoms with van der Waals surface area (Å²) in [6.45, 7) is 5.01. The zero-order valence-electron chi connectivity index (χ0n) is 14.6. The molecule has 25 heavy (non-hydrogen) atoms. The molecule has 0 bridgehead atoms. The van der Waals surface area contributed by atoms with Gasteiger partial charge in [-0.3, -0.25) is 9.59 Å². The van der Waals surface area contributed by atoms with Crippen LogP contribution >= 0.6 is 0 Å². The molecule has 0 saturated carbocycles. The Kier molecular flexibility index (Phi) is 5.75. The highest BCUT2D eigenvalue weighted by atomic mass is 19.1. The summed E-state index contributed by atoms with van der Waals surface area (Å²) in [7, 11) is 1.40. The van der Waals surface area contributed by atoms with E-state index in [2.05, 4.69) is 10.6 Å². The Morgan fingerprint density at radius 1 is 1.16 bits per heavy atom. The number of hydrogen-bond donors (Lipinski definition) is 2. The smallest absolute Gasteiger partial charge is 0.251 e. The maximum Gasteiger partial charge on any atom is 0.251 e. The number of carbonyl (C=O) groups excluding carboxylic acids is 2. The summed E-state index contributed by atoms with van der Waals surface area (Å²) in [6.07, 6.45) is 0. The van der Waals surface area contributed by atoms with Crippen LogP contribution in [0.1, 0.15) is 41.4 Å². The van der Waals surface area contributed by atoms with Gasteiger partial charge in [0.2, 0.25) is 5.91 Å². The molecule has 6 heteroatoms. The van der Waals surface area contributed by atoms with Gasteiger partial charge in [-0.2, -0.15) is 0 Å². The average Bonchev–Trinajstić information content (AvgIpc) is 2.56. The molecule has 0 heterocycles. The lowest BCUT2D eigenvalue weighted by molar-refractivity contribution is -0.114. The number of amides is 2. The van der Waals surface area contributed by atoms with Gasteiger partial charge in [-0.05, 0) is 55.3 Å². The van der Waals surface area contributed by atoms with Crippen LogP contribution in [0.3, 0.4) is 0 Å². The van der Waals surface area contributed by atoms with Gasteiger partial charge in [0.1, 0.15) is 0 Å². The van der Waals surface area contributed by atoms with E-state index < -0.39 is 5.82 Å². The molecule has 2 aromatic rings. The molecule has 2 N–H and O–H groups in total. The second-order valence-electron chi connectivity index (χ2n) is 5.80. The zero-order valence-corrected chi connectivity index (χ0v) is 14.6. The van der Waals surface area contributed by atoms with E-state index in [4.69, 9.17) is 4.74 Å². The standard InChI is InChI=1S/C19H21FN2O3/c1-11-9-15(5-7-17(11)22-13(3)23)19(24)21-12(2)14-6-8-18(25-4)16(20)10-14/h5-10,12H,1-4H3,(H,21,24)(H,22,23)/t12-/m0/s1. The topological polar surface area (TPSA) is 67.4 Å². The third kappa shape index (κ3) is 4.56. The molecular weight excluding hydrogens is 323 g/mol. The summed E-state index contributed by atoms with van der Waals surface area (Å²) in [5.41, 5.74) is 2.55. The van der Waals surface area contributed by atoms with Crippen molar-refractivity contribution in [3.8, 4) is 5.75 Å². The molecule has 2 amide bonds. The van der Waals surface area contributed by atoms with Crippen LogP contribution in [0.4, 0.5) is 10.1 Å². The highest BCUT2D eigenvalue weighted by Crippen LogP contribution is 2.22. The average molecular weight is 344 g/mol. The first-order valence-corrected chi connectivity index (χ1v) is 7.84. The van der Waals surface area contributed by atoms with E-state index in [-0.39, 0.29) is 23.6 Å². The fraction of sp³-hybridized carbons (Fsp3) is 0.263. The number of anilines is 1. The number of benzene rings is 2. The normalized spacial score (nSPS) is 11.6. The van der Waals surface area contributed by atoms with Gasteiger partial charge in [-0.15, -0.1) is 0 Å². The third-order valence-corrected chi connectivity index (χ3v) is 3.82. The van der Waals surface area contributed by atoms with Gasteiger partial charge in [0.25, 0.3) is 5.91 Å². The number of methoxy groups -OCH3 is 1. The fourth-order valence-corrected chi connectivity index (χ4v) is 2.45. The summed E-state index contributed by atoms with van der Waals surface area (Å²) in [4.78, 5) is 23.5. The Morgan fingerprint density at radius 2 is 1.88 bits per heavy atom. The molecule has 0 aliphatic rings. The van der Waals surface area contributed by atoms with E-state index in [1.807, 2.05) is 6.92 Å². The molecule has 0 saturated heterocycles. The van der Waals surface area contributed by atoms with E-state index >= 15 is 0 Å². The molecule has 0 aliphatic heterocycles. The fourth-order valence-electron chi connectivity index (χ4n) is 2.45. The van der Waals surface area contributed by atoms with Crippen molar-refractivity contribution in [3.05, 3.63) is 58.9 Å². The summed E-state index contributed by atoms with van der Waals surface area (Å²) in [5, 5.41) is 5.53. The van der Waals surface area contributed by atoms with Crippen LogP contribution in [0.25, 0.3) is 0 Å². The van der Waals surface area contributed by atoms with Crippen molar-refractivity contribution in [2.45, 2.75) is 26.8 Å². The SMILES string of the molecule is COc1ccc([C@H](C)NC(=O)c2ccc(NC(C)=O)c(C)c2)cc1F. The van der Waals surface area contributed by atoms with Crippen LogP contribution in [0.15, 0.2) is 36.4 Å². The lowest BCUT2D eigenvalue weighted by atomic mass is 10.1. The molecule has 0 aliphatic carbocycles. The summed E-state index contributed by atoms with van der Waals surface area (Å²) in [6, 6.07) is 9.22. The summed E-state index contributed by atoms with van der Waals surface area (Å²) in [5.74, 6) is -0.764. The summed E-state index contributed by atoms with van der Waals surface area (Å²) < 4.78 is 18.7. The number of halogens is 1. The molecule has 0 spiro atoms. The number of hydrogen-bond acceptors (Lipinski definition) is 3. The van der Waals surface area contributed by atoms with Crippen LogP contribution in [-0.2, 0) is 4.79 Å². The van der Waals surface area contributed by atoms with Crippen LogP contribution in [-0.4, -0.2) is 18.9 Å². The van der Waals surface area contributed by atoms with Crippen LogP contribution in [0, 0.1) is 12.7 Å². The van der Waals surface area contributed by atoms with E-state index in [0.29, 0.717) is 16.8 Å². The maximum absolute atomic E-state index is 13.8. The van der Waals surface area contributed by atoms with E-state index in [0.717, 1.165) is 5.56 Å². The Labute approximate surface area is 146 Å². The third-order valence-electron chi connectivity index (χ3n) is 3.82. The first-order valence-electron chi connectivity index (χ1n) is 7.84. The first kappa shape index (κ1) is 18.4. The number of nitrogens with one attached hydrogen (secondary N) is 2. The summed E-state index contributed by atoms with van der Waals surface area (Å²) >= 11 is 0. The van der Waals surface area contributed by atoms with E-state index in [1.54, 1.807) is 31.2 Å². The molecule has 0 radical (unpaired) electrons. The molecule has 0 aromatic heterocycles. The predicted molar refractivity (Wildman–Crippen MR) is 94.3 cm³/mol. The van der Waals surface area contributed by atoms with Gasteiger partial charge in [-0.25, -0.2) is 4.39 Å². The van der Waals surface area contributed by atoms with Gasteiger partial charge in [0.15, 0.2) is 11.6 Å². The van der Waals surface area contributed by atoms with Crippen LogP contribution < -0.4 is 15.4 Å². The minimum atomic E-state index is -0.475. The molecule has 1 atom stereocenters. The molecular formula is C19H21FN2O3. The number of carbonyl (C=O) groups is 2. The minimum Gasteiger partial charge on any atom is -0.494 e. The Hall–Kier alpha value is -2.89. The van der Waals surface area contributed by atoms with Crippen molar-refractivity contribution < 1.29 is 18.7 Å². The largest absolute Gasteiger partial charge is 0.494 e. The van der Waals surface area contributed by atoms with Crippen LogP contribution in [0.2, 0.25) is 0 Å². The van der Waals surface area contributed by atoms with Crippen molar-refractivity contribution in [1.82, 2.24) is 5.32 Å². The van der Waals surface area contributed by atoms with Gasteiger partial charge in [0.05, 0.1) is 13.2 Å². The predicted octanol–water partition coefficient (Wildman–Crippen LogP) is 3.59. The van der Waals surface area contributed by atoms with Crippen molar-refractivity contribution in [3.63, 3.8) is 0 Å². The highest BCUT2D eigenvalue weighted by Gasteiger charge is 2.14. The van der Waals surface area contributed by atoms with Crippen LogP contribution in [0.5, 0.6) is 5.75 Å². The number of rotatable bonds is 5. The molecule has 2 rings (SSSR count). The first-order chi connectivity index (χ1) is 11.8. The Bertz CT molecular complexity index is 805. The monoisotopic (exact) mass is 344 g/mol. The Balaban J connectivity index is 2.12. The van der Waals surface area contributed by atoms with Crippen molar-refractivity contribution in [1.29, 1.82) is 0 Å². The quantitative estimate of drug-likeness (QED) is 0.871. The lowest BCUT2D eigenvalue weighted by Crippen LogP contribution is -2.26. The van der Waals surface area contributed by atoms with E-state index in [1.165, 1.54) is 26.2 Å². The van der Waals surface area contributed by atoms with Crippen molar-refractivity contribution in [2.75, 3.05) is 12.4 Å². The van der Waals surface area contributed by atoms with Gasteiger partial charge < -0.3 is 15.4 Å². The zero-order chi connectivity index (χ0) is 18.6. The van der Waals surface area contributed by atoms with Crippen molar-refractivity contribution in [2.24, 2.45) is 0 Å². The molecule has 2 aromatic carbocycles. The van der Waals surface area contributed by atoms with Crippen molar-refractivity contribution >= 4 is 17.5 Å². The Morgan fingerprint density at radius 3 is 2.44 bits per heavy atom.